The summed E-state index contributed by atoms with van der Waals surface area (Å²) in [7, 11) is -1.54. The molecule has 0 aliphatic rings. The molecule has 2 N–H and O–H groups in total. The molecule has 2 aromatic rings. The quantitative estimate of drug-likeness (QED) is 0.640. The van der Waals surface area contributed by atoms with E-state index in [1.165, 1.54) is 0 Å². The molecule has 0 bridgehead atoms. The zero-order chi connectivity index (χ0) is 13.7. The van der Waals surface area contributed by atoms with Gasteiger partial charge in [0.05, 0.1) is 5.59 Å². The van der Waals surface area contributed by atoms with E-state index in [4.69, 9.17) is 19.6 Å². The van der Waals surface area contributed by atoms with E-state index in [0.717, 1.165) is 17.8 Å². The maximum atomic E-state index is 9.01. The van der Waals surface area contributed by atoms with Gasteiger partial charge in [0.1, 0.15) is 0 Å². The van der Waals surface area contributed by atoms with Crippen molar-refractivity contribution in [3.05, 3.63) is 23.5 Å². The Kier molecular flexibility index (Phi) is 4.73. The van der Waals surface area contributed by atoms with E-state index in [2.05, 4.69) is 10.1 Å². The summed E-state index contributed by atoms with van der Waals surface area (Å²) in [6, 6.07) is 3.52. The number of fused-ring (bicyclic) bond motifs is 1. The lowest BCUT2D eigenvalue weighted by molar-refractivity contribution is -0.191. The minimum absolute atomic E-state index is 0.225. The van der Waals surface area contributed by atoms with E-state index in [0.29, 0.717) is 5.65 Å². The molecule has 0 aliphatic carbocycles. The fraction of sp³-hybridized carbons (Fsp3) is 0.300. The van der Waals surface area contributed by atoms with Crippen LogP contribution >= 0.6 is 0 Å². The minimum atomic E-state index is -1.54. The summed E-state index contributed by atoms with van der Waals surface area (Å²) >= 11 is 0. The SMILES string of the molecule is CCc1cc(C)nc2cc(B(O)O)nn12.O=C=O. The summed E-state index contributed by atoms with van der Waals surface area (Å²) in [5, 5.41) is 22.1. The topological polar surface area (TPSA) is 105 Å². The first-order valence-electron chi connectivity index (χ1n) is 5.25. The summed E-state index contributed by atoms with van der Waals surface area (Å²) in [5.74, 6) is 0. The molecule has 0 aliphatic heterocycles. The lowest BCUT2D eigenvalue weighted by atomic mass is 9.87. The van der Waals surface area contributed by atoms with Crippen LogP contribution < -0.4 is 5.59 Å². The van der Waals surface area contributed by atoms with E-state index < -0.39 is 7.12 Å². The second-order valence-corrected chi connectivity index (χ2v) is 3.54. The summed E-state index contributed by atoms with van der Waals surface area (Å²) in [5.41, 5.74) is 2.78. The van der Waals surface area contributed by atoms with Gasteiger partial charge in [-0.25, -0.2) is 9.50 Å². The van der Waals surface area contributed by atoms with Crippen molar-refractivity contribution in [1.29, 1.82) is 0 Å². The van der Waals surface area contributed by atoms with Crippen molar-refractivity contribution in [3.8, 4) is 0 Å². The highest BCUT2D eigenvalue weighted by molar-refractivity contribution is 6.57. The largest absolute Gasteiger partial charge is 0.510 e. The van der Waals surface area contributed by atoms with Gasteiger partial charge in [-0.3, -0.25) is 0 Å². The van der Waals surface area contributed by atoms with Gasteiger partial charge in [-0.15, -0.1) is 0 Å². The normalized spacial score (nSPS) is 9.56. The Balaban J connectivity index is 0.000000492. The standard InChI is InChI=1S/C9H12BN3O2.CO2/c1-3-7-4-6(2)11-9-5-8(10(14)15)12-13(7)9;2-1-3/h4-5,14-15H,3H2,1-2H3;. The Bertz CT molecular complexity index is 576. The third-order valence-electron chi connectivity index (χ3n) is 2.27. The predicted molar refractivity (Wildman–Crippen MR) is 61.9 cm³/mol. The summed E-state index contributed by atoms with van der Waals surface area (Å²) in [6.07, 6.45) is 1.07. The fourth-order valence-electron chi connectivity index (χ4n) is 1.57. The first-order chi connectivity index (χ1) is 8.53. The molecular formula is C10H12BN3O4. The molecule has 0 saturated carbocycles. The van der Waals surface area contributed by atoms with Crippen LogP contribution in [0.1, 0.15) is 18.3 Å². The van der Waals surface area contributed by atoms with Crippen LogP contribution in [0.15, 0.2) is 12.1 Å². The number of aromatic nitrogens is 3. The molecule has 8 heteroatoms. The number of carbonyl (C=O) groups excluding carboxylic acids is 2. The Morgan fingerprint density at radius 3 is 2.50 bits per heavy atom. The van der Waals surface area contributed by atoms with Crippen molar-refractivity contribution >= 4 is 24.5 Å². The molecular weight excluding hydrogens is 237 g/mol. The van der Waals surface area contributed by atoms with Crippen molar-refractivity contribution in [1.82, 2.24) is 14.6 Å². The van der Waals surface area contributed by atoms with Gasteiger partial charge >= 0.3 is 13.3 Å². The van der Waals surface area contributed by atoms with Gasteiger partial charge < -0.3 is 10.0 Å². The first kappa shape index (κ1) is 14.0. The van der Waals surface area contributed by atoms with Crippen molar-refractivity contribution < 1.29 is 19.6 Å². The molecule has 0 atom stereocenters. The number of hydrogen-bond donors (Lipinski definition) is 2. The van der Waals surface area contributed by atoms with E-state index in [1.807, 2.05) is 19.9 Å². The number of aryl methyl sites for hydroxylation is 2. The van der Waals surface area contributed by atoms with Crippen LogP contribution in [0.25, 0.3) is 5.65 Å². The Morgan fingerprint density at radius 1 is 1.39 bits per heavy atom. The maximum absolute atomic E-state index is 9.01. The molecule has 0 saturated heterocycles. The zero-order valence-electron chi connectivity index (χ0n) is 9.99. The zero-order valence-corrected chi connectivity index (χ0v) is 9.99. The Hall–Kier alpha value is -2.02. The maximum Gasteiger partial charge on any atom is 0.510 e. The Labute approximate surface area is 103 Å². The molecule has 18 heavy (non-hydrogen) atoms. The van der Waals surface area contributed by atoms with E-state index in [9.17, 15) is 0 Å². The molecule has 2 aromatic heterocycles. The predicted octanol–water partition coefficient (Wildman–Crippen LogP) is -1.30. The van der Waals surface area contributed by atoms with Crippen LogP contribution in [-0.2, 0) is 16.0 Å². The third kappa shape index (κ3) is 3.01. The van der Waals surface area contributed by atoms with Gasteiger partial charge in [0.25, 0.3) is 0 Å². The summed E-state index contributed by atoms with van der Waals surface area (Å²) in [4.78, 5) is 20.5. The highest BCUT2D eigenvalue weighted by atomic mass is 16.4. The molecule has 0 unspecified atom stereocenters. The van der Waals surface area contributed by atoms with Crippen LogP contribution in [0.2, 0.25) is 0 Å². The molecule has 7 nitrogen and oxygen atoms in total. The van der Waals surface area contributed by atoms with Crippen LogP contribution in [0.3, 0.4) is 0 Å². The smallest absolute Gasteiger partial charge is 0.422 e. The fourth-order valence-corrected chi connectivity index (χ4v) is 1.57. The molecule has 0 amide bonds. The third-order valence-corrected chi connectivity index (χ3v) is 2.27. The average Bonchev–Trinajstić information content (AvgIpc) is 2.72. The average molecular weight is 249 g/mol. The summed E-state index contributed by atoms with van der Waals surface area (Å²) < 4.78 is 1.64. The van der Waals surface area contributed by atoms with E-state index in [-0.39, 0.29) is 11.7 Å². The number of hydrogen-bond acceptors (Lipinski definition) is 6. The van der Waals surface area contributed by atoms with Crippen LogP contribution in [-0.4, -0.2) is 37.9 Å². The van der Waals surface area contributed by atoms with Crippen molar-refractivity contribution in [2.75, 3.05) is 0 Å². The number of rotatable bonds is 2. The van der Waals surface area contributed by atoms with E-state index >= 15 is 0 Å². The first-order valence-corrected chi connectivity index (χ1v) is 5.25. The van der Waals surface area contributed by atoms with Crippen molar-refractivity contribution in [2.45, 2.75) is 20.3 Å². The van der Waals surface area contributed by atoms with E-state index in [1.54, 1.807) is 10.6 Å². The second-order valence-electron chi connectivity index (χ2n) is 3.54. The van der Waals surface area contributed by atoms with Gasteiger partial charge in [0, 0.05) is 17.5 Å². The minimum Gasteiger partial charge on any atom is -0.422 e. The van der Waals surface area contributed by atoms with Gasteiger partial charge in [-0.2, -0.15) is 14.7 Å². The lowest BCUT2D eigenvalue weighted by Gasteiger charge is -2.02. The molecule has 0 aromatic carbocycles. The molecule has 0 spiro atoms. The molecule has 0 fully saturated rings. The van der Waals surface area contributed by atoms with Gasteiger partial charge in [0.2, 0.25) is 0 Å². The monoisotopic (exact) mass is 249 g/mol. The van der Waals surface area contributed by atoms with Gasteiger partial charge in [-0.1, -0.05) is 6.92 Å². The highest BCUT2D eigenvalue weighted by Crippen LogP contribution is 2.06. The van der Waals surface area contributed by atoms with Crippen LogP contribution in [0.4, 0.5) is 0 Å². The number of nitrogens with zero attached hydrogens (tertiary/aromatic N) is 3. The van der Waals surface area contributed by atoms with Crippen LogP contribution in [0, 0.1) is 6.92 Å². The van der Waals surface area contributed by atoms with Crippen molar-refractivity contribution in [3.63, 3.8) is 0 Å². The van der Waals surface area contributed by atoms with Gasteiger partial charge in [-0.05, 0) is 19.4 Å². The van der Waals surface area contributed by atoms with Crippen LogP contribution in [0.5, 0.6) is 0 Å². The molecule has 2 heterocycles. The van der Waals surface area contributed by atoms with Gasteiger partial charge in [0.15, 0.2) is 5.65 Å². The highest BCUT2D eigenvalue weighted by Gasteiger charge is 2.17. The second kappa shape index (κ2) is 6.06. The molecule has 94 valence electrons. The Morgan fingerprint density at radius 2 is 2.00 bits per heavy atom. The molecule has 2 rings (SSSR count). The van der Waals surface area contributed by atoms with Crippen molar-refractivity contribution in [2.24, 2.45) is 0 Å². The summed E-state index contributed by atoms with van der Waals surface area (Å²) in [6.45, 7) is 3.92. The lowest BCUT2D eigenvalue weighted by Crippen LogP contribution is -2.31. The molecule has 0 radical (unpaired) electrons.